The number of carbonyl (C=O) groups is 1. The largest absolute Gasteiger partial charge is 0.491 e. The molecule has 6 nitrogen and oxygen atoms in total. The number of nitrogens with zero attached hydrogens (tertiary/aromatic N) is 2. The van der Waals surface area contributed by atoms with Gasteiger partial charge >= 0.3 is 12.1 Å². The summed E-state index contributed by atoms with van der Waals surface area (Å²) in [5.74, 6) is -0.641. The summed E-state index contributed by atoms with van der Waals surface area (Å²) >= 11 is 0. The fourth-order valence-corrected chi connectivity index (χ4v) is 3.41. The van der Waals surface area contributed by atoms with Gasteiger partial charge in [0.05, 0.1) is 34.6 Å². The second-order valence-electron chi connectivity index (χ2n) is 7.39. The van der Waals surface area contributed by atoms with Crippen molar-refractivity contribution in [2.75, 3.05) is 20.3 Å². The highest BCUT2D eigenvalue weighted by Gasteiger charge is 2.31. The van der Waals surface area contributed by atoms with Crippen molar-refractivity contribution in [2.45, 2.75) is 6.18 Å². The van der Waals surface area contributed by atoms with Crippen LogP contribution in [0.2, 0.25) is 0 Å². The minimum Gasteiger partial charge on any atom is -0.491 e. The number of alkyl halides is 3. The molecular formula is C25H19F3N2O4. The summed E-state index contributed by atoms with van der Waals surface area (Å²) in [6.45, 7) is 0.934. The molecule has 34 heavy (non-hydrogen) atoms. The van der Waals surface area contributed by atoms with E-state index in [2.05, 4.69) is 9.97 Å². The van der Waals surface area contributed by atoms with Crippen LogP contribution in [0.5, 0.6) is 5.75 Å². The SMILES string of the molecule is COCCOc1ccc(-c2ccc(-c3cc(C(=O)O)c4cc(C(F)(F)F)ccc4n3)nc2)cc1. The number of carboxylic acid groups (broad SMARTS) is 1. The van der Waals surface area contributed by atoms with E-state index in [1.54, 1.807) is 19.4 Å². The molecule has 0 radical (unpaired) electrons. The van der Waals surface area contributed by atoms with E-state index in [0.29, 0.717) is 24.7 Å². The quantitative estimate of drug-likeness (QED) is 0.350. The van der Waals surface area contributed by atoms with Gasteiger partial charge in [0.2, 0.25) is 0 Å². The minimum atomic E-state index is -4.59. The van der Waals surface area contributed by atoms with Gasteiger partial charge in [0.1, 0.15) is 12.4 Å². The molecule has 0 saturated carbocycles. The zero-order chi connectivity index (χ0) is 24.3. The molecule has 0 unspecified atom stereocenters. The highest BCUT2D eigenvalue weighted by atomic mass is 19.4. The van der Waals surface area contributed by atoms with E-state index < -0.39 is 17.7 Å². The maximum Gasteiger partial charge on any atom is 0.416 e. The lowest BCUT2D eigenvalue weighted by Crippen LogP contribution is -2.06. The Labute approximate surface area is 192 Å². The van der Waals surface area contributed by atoms with Crippen molar-refractivity contribution in [2.24, 2.45) is 0 Å². The Bertz CT molecular complexity index is 1320. The number of rotatable bonds is 7. The van der Waals surface area contributed by atoms with Crippen LogP contribution in [-0.2, 0) is 10.9 Å². The Kier molecular flexibility index (Phi) is 6.47. The van der Waals surface area contributed by atoms with E-state index in [0.717, 1.165) is 23.3 Å². The molecule has 9 heteroatoms. The van der Waals surface area contributed by atoms with Gasteiger partial charge in [0, 0.05) is 24.3 Å². The number of pyridine rings is 2. The number of fused-ring (bicyclic) bond motifs is 1. The number of carboxylic acids is 1. The van der Waals surface area contributed by atoms with Gasteiger partial charge in [0.25, 0.3) is 0 Å². The van der Waals surface area contributed by atoms with Gasteiger partial charge in [-0.25, -0.2) is 9.78 Å². The molecule has 4 rings (SSSR count). The van der Waals surface area contributed by atoms with Crippen molar-refractivity contribution in [3.63, 3.8) is 0 Å². The van der Waals surface area contributed by atoms with Crippen LogP contribution >= 0.6 is 0 Å². The summed E-state index contributed by atoms with van der Waals surface area (Å²) in [6.07, 6.45) is -2.97. The number of hydrogen-bond acceptors (Lipinski definition) is 5. The Morgan fingerprint density at radius 1 is 0.941 bits per heavy atom. The molecule has 0 aliphatic heterocycles. The first-order chi connectivity index (χ1) is 16.3. The van der Waals surface area contributed by atoms with Crippen LogP contribution in [0, 0.1) is 0 Å². The Morgan fingerprint density at radius 3 is 2.29 bits per heavy atom. The molecule has 0 amide bonds. The zero-order valence-electron chi connectivity index (χ0n) is 18.0. The number of aromatic carboxylic acids is 1. The van der Waals surface area contributed by atoms with Crippen molar-refractivity contribution in [3.8, 4) is 28.3 Å². The number of methoxy groups -OCH3 is 1. The minimum absolute atomic E-state index is 0.0875. The molecule has 0 fully saturated rings. The Hall–Kier alpha value is -3.98. The second-order valence-corrected chi connectivity index (χ2v) is 7.39. The predicted octanol–water partition coefficient (Wildman–Crippen LogP) is 5.71. The summed E-state index contributed by atoms with van der Waals surface area (Å²) in [6, 6.07) is 15.0. The number of benzene rings is 2. The summed E-state index contributed by atoms with van der Waals surface area (Å²) in [5, 5.41) is 9.50. The molecule has 2 aromatic carbocycles. The summed E-state index contributed by atoms with van der Waals surface area (Å²) in [4.78, 5) is 20.5. The molecule has 0 saturated heterocycles. The first-order valence-electron chi connectivity index (χ1n) is 10.2. The fourth-order valence-electron chi connectivity index (χ4n) is 3.41. The van der Waals surface area contributed by atoms with E-state index in [1.807, 2.05) is 30.3 Å². The summed E-state index contributed by atoms with van der Waals surface area (Å²) in [7, 11) is 1.60. The van der Waals surface area contributed by atoms with Crippen molar-refractivity contribution in [3.05, 3.63) is 78.0 Å². The van der Waals surface area contributed by atoms with Gasteiger partial charge in [-0.3, -0.25) is 4.98 Å². The van der Waals surface area contributed by atoms with E-state index in [4.69, 9.17) is 9.47 Å². The molecule has 2 heterocycles. The van der Waals surface area contributed by atoms with Gasteiger partial charge in [-0.2, -0.15) is 13.2 Å². The van der Waals surface area contributed by atoms with Crippen LogP contribution < -0.4 is 4.74 Å². The van der Waals surface area contributed by atoms with Crippen LogP contribution in [-0.4, -0.2) is 41.4 Å². The van der Waals surface area contributed by atoms with Gasteiger partial charge in [-0.15, -0.1) is 0 Å². The zero-order valence-corrected chi connectivity index (χ0v) is 18.0. The van der Waals surface area contributed by atoms with E-state index in [9.17, 15) is 23.1 Å². The smallest absolute Gasteiger partial charge is 0.416 e. The first-order valence-corrected chi connectivity index (χ1v) is 10.2. The summed E-state index contributed by atoms with van der Waals surface area (Å²) in [5.41, 5.74) is 1.29. The third-order valence-electron chi connectivity index (χ3n) is 5.14. The van der Waals surface area contributed by atoms with Gasteiger partial charge < -0.3 is 14.6 Å². The molecule has 0 atom stereocenters. The topological polar surface area (TPSA) is 81.5 Å². The van der Waals surface area contributed by atoms with Crippen LogP contribution in [0.3, 0.4) is 0 Å². The molecular weight excluding hydrogens is 449 g/mol. The van der Waals surface area contributed by atoms with Crippen molar-refractivity contribution < 1.29 is 32.5 Å². The van der Waals surface area contributed by atoms with Crippen LogP contribution in [0.1, 0.15) is 15.9 Å². The lowest BCUT2D eigenvalue weighted by Gasteiger charge is -2.11. The molecule has 0 aliphatic rings. The lowest BCUT2D eigenvalue weighted by molar-refractivity contribution is -0.137. The molecule has 1 N–H and O–H groups in total. The van der Waals surface area contributed by atoms with Crippen molar-refractivity contribution in [1.29, 1.82) is 0 Å². The first kappa shape index (κ1) is 23.2. The highest BCUT2D eigenvalue weighted by molar-refractivity contribution is 6.03. The Morgan fingerprint density at radius 2 is 1.68 bits per heavy atom. The molecule has 0 bridgehead atoms. The van der Waals surface area contributed by atoms with E-state index in [-0.39, 0.29) is 22.2 Å². The van der Waals surface area contributed by atoms with Gasteiger partial charge in [0.15, 0.2) is 0 Å². The fraction of sp³-hybridized carbons (Fsp3) is 0.160. The second kappa shape index (κ2) is 9.48. The number of ether oxygens (including phenoxy) is 2. The Balaban J connectivity index is 1.64. The van der Waals surface area contributed by atoms with Crippen molar-refractivity contribution in [1.82, 2.24) is 9.97 Å². The molecule has 0 aliphatic carbocycles. The molecule has 4 aromatic rings. The standard InChI is InChI=1S/C25H19F3N2O4/c1-33-10-11-34-18-6-2-15(3-7-18)16-4-8-22(29-14-16)23-13-20(24(31)32)19-12-17(25(26,27)28)5-9-21(19)30-23/h2-9,12-14H,10-11H2,1H3,(H,31,32). The third-order valence-corrected chi connectivity index (χ3v) is 5.14. The molecule has 2 aromatic heterocycles. The lowest BCUT2D eigenvalue weighted by atomic mass is 10.0. The van der Waals surface area contributed by atoms with Gasteiger partial charge in [-0.05, 0) is 48.0 Å². The van der Waals surface area contributed by atoms with Crippen LogP contribution in [0.15, 0.2) is 66.9 Å². The maximum absolute atomic E-state index is 13.1. The number of halogens is 3. The van der Waals surface area contributed by atoms with E-state index in [1.165, 1.54) is 12.1 Å². The van der Waals surface area contributed by atoms with Crippen LogP contribution in [0.4, 0.5) is 13.2 Å². The van der Waals surface area contributed by atoms with Crippen LogP contribution in [0.25, 0.3) is 33.4 Å². The normalized spacial score (nSPS) is 11.5. The number of aromatic nitrogens is 2. The number of hydrogen-bond donors (Lipinski definition) is 1. The molecule has 0 spiro atoms. The van der Waals surface area contributed by atoms with E-state index >= 15 is 0 Å². The maximum atomic E-state index is 13.1. The van der Waals surface area contributed by atoms with Crippen molar-refractivity contribution >= 4 is 16.9 Å². The third kappa shape index (κ3) is 4.99. The van der Waals surface area contributed by atoms with Gasteiger partial charge in [-0.1, -0.05) is 18.2 Å². The summed E-state index contributed by atoms with van der Waals surface area (Å²) < 4.78 is 49.7. The average Bonchev–Trinajstić information content (AvgIpc) is 2.83. The monoisotopic (exact) mass is 468 g/mol. The predicted molar refractivity (Wildman–Crippen MR) is 120 cm³/mol. The average molecular weight is 468 g/mol. The highest BCUT2D eigenvalue weighted by Crippen LogP contribution is 2.33. The molecule has 174 valence electrons.